The quantitative estimate of drug-likeness (QED) is 0.130. The molecule has 0 saturated carbocycles. The molecule has 1 rings (SSSR count). The maximum atomic E-state index is 13.2. The molecule has 0 aromatic heterocycles. The molecule has 1 atom stereocenters. The Hall–Kier alpha value is -1.89. The normalized spacial score (nSPS) is 13.9. The topological polar surface area (TPSA) is 83.5 Å². The second kappa shape index (κ2) is 14.5. The van der Waals surface area contributed by atoms with Crippen LogP contribution in [-0.2, 0) is 29.5 Å². The van der Waals surface area contributed by atoms with Crippen molar-refractivity contribution in [2.45, 2.75) is 117 Å². The van der Waals surface area contributed by atoms with Gasteiger partial charge in [0.15, 0.2) is 16.6 Å². The number of rotatable bonds is 13. The lowest BCUT2D eigenvalue weighted by atomic mass is 10.0. The molecule has 0 N–H and O–H groups in total. The van der Waals surface area contributed by atoms with Gasteiger partial charge in [-0.15, -0.1) is 0 Å². The van der Waals surface area contributed by atoms with Gasteiger partial charge in [0.2, 0.25) is 0 Å². The summed E-state index contributed by atoms with van der Waals surface area (Å²) in [4.78, 5) is 27.4. The molecule has 0 radical (unpaired) electrons. The third kappa shape index (κ3) is 12.5. The Bertz CT molecular complexity index is 974. The molecule has 1 aromatic rings. The maximum Gasteiger partial charge on any atom is 0.410 e. The fourth-order valence-corrected chi connectivity index (χ4v) is 5.26. The number of ether oxygens (including phenoxy) is 3. The lowest BCUT2D eigenvalue weighted by Crippen LogP contribution is -2.47. The van der Waals surface area contributed by atoms with Gasteiger partial charge in [-0.3, -0.25) is 4.90 Å². The fraction of sp³-hybridized carbons (Fsp3) is 0.742. The monoisotopic (exact) mass is 611 g/mol. The summed E-state index contributed by atoms with van der Waals surface area (Å²) >= 11 is 0. The molecule has 0 aliphatic carbocycles. The number of amides is 1. The molecular formula is C31H57NO7Si2. The van der Waals surface area contributed by atoms with Gasteiger partial charge >= 0.3 is 12.1 Å². The van der Waals surface area contributed by atoms with Gasteiger partial charge in [-0.25, -0.2) is 9.59 Å². The number of benzene rings is 1. The standard InChI is InChI=1S/C31H57NO7Si2/c1-29(2,3)39-28(34)32(10)26(27(33)36-20-22-38-41(13,14)31(7,8)9)23-24-15-17-25(18-16-24)35-19-21-37-40(11,12)30(4,5)6/h15-18,26H,19-23H2,1-14H3/t26-/m0/s1. The van der Waals surface area contributed by atoms with E-state index in [-0.39, 0.29) is 23.1 Å². The van der Waals surface area contributed by atoms with Gasteiger partial charge in [-0.05, 0) is 74.7 Å². The largest absolute Gasteiger partial charge is 0.491 e. The predicted octanol–water partition coefficient (Wildman–Crippen LogP) is 7.43. The third-order valence-corrected chi connectivity index (χ3v) is 17.1. The highest BCUT2D eigenvalue weighted by Gasteiger charge is 2.38. The first-order valence-corrected chi connectivity index (χ1v) is 20.4. The highest BCUT2D eigenvalue weighted by molar-refractivity contribution is 6.74. The molecule has 0 fully saturated rings. The van der Waals surface area contributed by atoms with Crippen molar-refractivity contribution in [3.05, 3.63) is 29.8 Å². The zero-order valence-corrected chi connectivity index (χ0v) is 30.2. The minimum absolute atomic E-state index is 0.0596. The van der Waals surface area contributed by atoms with Crippen molar-refractivity contribution in [1.82, 2.24) is 4.90 Å². The van der Waals surface area contributed by atoms with E-state index in [1.54, 1.807) is 27.8 Å². The highest BCUT2D eigenvalue weighted by Crippen LogP contribution is 2.37. The van der Waals surface area contributed by atoms with Crippen LogP contribution in [0.3, 0.4) is 0 Å². The van der Waals surface area contributed by atoms with E-state index in [1.807, 2.05) is 24.3 Å². The van der Waals surface area contributed by atoms with Crippen LogP contribution >= 0.6 is 0 Å². The molecule has 10 heteroatoms. The number of likely N-dealkylation sites (N-methyl/N-ethyl adjacent to an activating group) is 1. The molecule has 1 aromatic carbocycles. The number of hydrogen-bond donors (Lipinski definition) is 0. The zero-order valence-electron chi connectivity index (χ0n) is 28.2. The van der Waals surface area contributed by atoms with E-state index >= 15 is 0 Å². The molecule has 0 unspecified atom stereocenters. The van der Waals surface area contributed by atoms with Crippen LogP contribution in [0.2, 0.25) is 36.3 Å². The molecule has 8 nitrogen and oxygen atoms in total. The molecule has 1 amide bonds. The average Bonchev–Trinajstić information content (AvgIpc) is 2.80. The SMILES string of the molecule is CN(C(=O)OC(C)(C)C)[C@@H](Cc1ccc(OCCO[Si](C)(C)C(C)(C)C)cc1)C(=O)OCCO[Si](C)(C)C(C)(C)C. The Labute approximate surface area is 251 Å². The van der Waals surface area contributed by atoms with E-state index in [2.05, 4.69) is 67.7 Å². The van der Waals surface area contributed by atoms with Crippen LogP contribution in [0.25, 0.3) is 0 Å². The Morgan fingerprint density at radius 2 is 1.22 bits per heavy atom. The molecular weight excluding hydrogens is 555 g/mol. The van der Waals surface area contributed by atoms with E-state index in [4.69, 9.17) is 23.1 Å². The summed E-state index contributed by atoms with van der Waals surface area (Å²) < 4.78 is 29.3. The van der Waals surface area contributed by atoms with Gasteiger partial charge < -0.3 is 23.1 Å². The molecule has 0 saturated heterocycles. The number of esters is 1. The Kier molecular flexibility index (Phi) is 13.2. The third-order valence-electron chi connectivity index (χ3n) is 7.99. The maximum absolute atomic E-state index is 13.2. The van der Waals surface area contributed by atoms with Gasteiger partial charge in [0.05, 0.1) is 13.2 Å². The Balaban J connectivity index is 2.86. The Morgan fingerprint density at radius 3 is 1.66 bits per heavy atom. The summed E-state index contributed by atoms with van der Waals surface area (Å²) in [5.74, 6) is 0.218. The number of carbonyl (C=O) groups is 2. The van der Waals surface area contributed by atoms with Crippen molar-refractivity contribution >= 4 is 28.7 Å². The van der Waals surface area contributed by atoms with Crippen LogP contribution in [0.4, 0.5) is 4.79 Å². The van der Waals surface area contributed by atoms with Gasteiger partial charge in [0.25, 0.3) is 0 Å². The summed E-state index contributed by atoms with van der Waals surface area (Å²) in [7, 11) is -2.22. The van der Waals surface area contributed by atoms with Gasteiger partial charge in [0, 0.05) is 13.5 Å². The number of carbonyl (C=O) groups excluding carboxylic acids is 2. The van der Waals surface area contributed by atoms with Crippen LogP contribution < -0.4 is 4.74 Å². The van der Waals surface area contributed by atoms with Crippen LogP contribution in [0.1, 0.15) is 67.9 Å². The van der Waals surface area contributed by atoms with Crippen molar-refractivity contribution in [3.63, 3.8) is 0 Å². The summed E-state index contributed by atoms with van der Waals surface area (Å²) in [6.45, 7) is 28.7. The molecule has 0 aliphatic rings. The van der Waals surface area contributed by atoms with Crippen molar-refractivity contribution in [2.24, 2.45) is 0 Å². The zero-order chi connectivity index (χ0) is 31.9. The molecule has 0 aliphatic heterocycles. The van der Waals surface area contributed by atoms with Crippen LogP contribution in [0, 0.1) is 0 Å². The summed E-state index contributed by atoms with van der Waals surface area (Å²) in [6.07, 6.45) is -0.314. The summed E-state index contributed by atoms with van der Waals surface area (Å²) in [5.41, 5.74) is 0.175. The first-order chi connectivity index (χ1) is 18.5. The molecule has 236 valence electrons. The molecule has 0 spiro atoms. The summed E-state index contributed by atoms with van der Waals surface area (Å²) in [5, 5.41) is 0.209. The lowest BCUT2D eigenvalue weighted by Gasteiger charge is -2.36. The Morgan fingerprint density at radius 1 is 0.756 bits per heavy atom. The van der Waals surface area contributed by atoms with Crippen LogP contribution in [0.5, 0.6) is 5.75 Å². The molecule has 0 bridgehead atoms. The van der Waals surface area contributed by atoms with Crippen LogP contribution in [0.15, 0.2) is 24.3 Å². The first kappa shape index (κ1) is 37.1. The van der Waals surface area contributed by atoms with E-state index in [0.29, 0.717) is 19.8 Å². The second-order valence-corrected chi connectivity index (χ2v) is 24.3. The van der Waals surface area contributed by atoms with E-state index < -0.39 is 40.3 Å². The van der Waals surface area contributed by atoms with E-state index in [0.717, 1.165) is 11.3 Å². The lowest BCUT2D eigenvalue weighted by molar-refractivity contribution is -0.150. The van der Waals surface area contributed by atoms with Gasteiger partial charge in [0.1, 0.15) is 30.6 Å². The van der Waals surface area contributed by atoms with Crippen LogP contribution in [-0.4, -0.2) is 78.7 Å². The van der Waals surface area contributed by atoms with E-state index in [1.165, 1.54) is 4.90 Å². The minimum Gasteiger partial charge on any atom is -0.491 e. The molecule has 0 heterocycles. The number of hydrogen-bond acceptors (Lipinski definition) is 7. The fourth-order valence-electron chi connectivity index (χ4n) is 3.21. The van der Waals surface area contributed by atoms with Gasteiger partial charge in [-0.1, -0.05) is 53.7 Å². The van der Waals surface area contributed by atoms with Gasteiger partial charge in [-0.2, -0.15) is 0 Å². The average molecular weight is 612 g/mol. The number of nitrogens with zero attached hydrogens (tertiary/aromatic N) is 1. The summed E-state index contributed by atoms with van der Waals surface area (Å²) in [6, 6.07) is 6.67. The second-order valence-electron chi connectivity index (χ2n) is 14.7. The van der Waals surface area contributed by atoms with E-state index in [9.17, 15) is 9.59 Å². The predicted molar refractivity (Wildman–Crippen MR) is 171 cm³/mol. The van der Waals surface area contributed by atoms with Crippen molar-refractivity contribution in [2.75, 3.05) is 33.5 Å². The van der Waals surface area contributed by atoms with Crippen molar-refractivity contribution < 1.29 is 32.7 Å². The smallest absolute Gasteiger partial charge is 0.410 e. The molecule has 41 heavy (non-hydrogen) atoms. The minimum atomic E-state index is -1.96. The van der Waals surface area contributed by atoms with Crippen molar-refractivity contribution in [1.29, 1.82) is 0 Å². The first-order valence-electron chi connectivity index (χ1n) is 14.6. The van der Waals surface area contributed by atoms with Crippen molar-refractivity contribution in [3.8, 4) is 5.75 Å². The highest BCUT2D eigenvalue weighted by atomic mass is 28.4.